The highest BCUT2D eigenvalue weighted by Gasteiger charge is 2.49. The second kappa shape index (κ2) is 2.43. The summed E-state index contributed by atoms with van der Waals surface area (Å²) >= 11 is 0. The van der Waals surface area contributed by atoms with Crippen LogP contribution in [0.4, 0.5) is 0 Å². The second-order valence-electron chi connectivity index (χ2n) is 3.97. The lowest BCUT2D eigenvalue weighted by molar-refractivity contribution is 0.120. The molecule has 0 amide bonds. The molecule has 70 valence electrons. The maximum Gasteiger partial charge on any atom is 0.211 e. The van der Waals surface area contributed by atoms with Gasteiger partial charge in [0, 0.05) is 0 Å². The summed E-state index contributed by atoms with van der Waals surface area (Å²) in [6, 6.07) is 0. The second-order valence-corrected chi connectivity index (χ2v) is 5.63. The average Bonchev–Trinajstić information content (AvgIpc) is 2.49. The van der Waals surface area contributed by atoms with Gasteiger partial charge in [0.15, 0.2) is 0 Å². The molecule has 1 heterocycles. The molecule has 2 fully saturated rings. The third-order valence-corrected chi connectivity index (χ3v) is 3.50. The Morgan fingerprint density at radius 1 is 1.50 bits per heavy atom. The van der Waals surface area contributed by atoms with Crippen LogP contribution in [0.25, 0.3) is 0 Å². The Morgan fingerprint density at radius 3 is 2.58 bits per heavy atom. The zero-order valence-electron chi connectivity index (χ0n) is 6.82. The zero-order chi connectivity index (χ0) is 8.82. The maximum absolute atomic E-state index is 10.7. The Balaban J connectivity index is 1.92. The number of hydrogen-bond acceptors (Lipinski definition) is 3. The van der Waals surface area contributed by atoms with E-state index in [9.17, 15) is 8.42 Å². The third-order valence-electron chi connectivity index (χ3n) is 2.66. The summed E-state index contributed by atoms with van der Waals surface area (Å²) < 4.78 is 26.8. The first-order chi connectivity index (χ1) is 5.49. The molecule has 12 heavy (non-hydrogen) atoms. The molecule has 2 N–H and O–H groups in total. The first-order valence-electron chi connectivity index (χ1n) is 4.11. The smallest absolute Gasteiger partial charge is 0.211 e. The van der Waals surface area contributed by atoms with Crippen LogP contribution in [0.3, 0.4) is 0 Å². The fraction of sp³-hybridized carbons (Fsp3) is 1.00. The van der Waals surface area contributed by atoms with Crippen LogP contribution in [0.1, 0.15) is 19.3 Å². The van der Waals surface area contributed by atoms with Crippen molar-refractivity contribution in [2.45, 2.75) is 25.4 Å². The average molecular weight is 191 g/mol. The SMILES string of the molecule is NS(=O)(=O)CC1CC2(CC2)CO1. The minimum Gasteiger partial charge on any atom is -0.377 e. The van der Waals surface area contributed by atoms with Crippen LogP contribution in [-0.2, 0) is 14.8 Å². The van der Waals surface area contributed by atoms with Gasteiger partial charge in [0.05, 0.1) is 18.5 Å². The van der Waals surface area contributed by atoms with E-state index in [-0.39, 0.29) is 11.9 Å². The number of nitrogens with two attached hydrogens (primary N) is 1. The maximum atomic E-state index is 10.7. The molecule has 0 aromatic carbocycles. The lowest BCUT2D eigenvalue weighted by Gasteiger charge is -2.06. The molecule has 0 aromatic heterocycles. The summed E-state index contributed by atoms with van der Waals surface area (Å²) in [4.78, 5) is 0. The summed E-state index contributed by atoms with van der Waals surface area (Å²) in [5.41, 5.74) is 0.343. The van der Waals surface area contributed by atoms with Gasteiger partial charge in [0.2, 0.25) is 10.0 Å². The van der Waals surface area contributed by atoms with Crippen molar-refractivity contribution in [3.8, 4) is 0 Å². The number of hydrogen-bond donors (Lipinski definition) is 1. The Morgan fingerprint density at radius 2 is 2.17 bits per heavy atom. The van der Waals surface area contributed by atoms with Crippen LogP contribution in [-0.4, -0.2) is 26.9 Å². The van der Waals surface area contributed by atoms with E-state index in [0.29, 0.717) is 5.41 Å². The molecule has 1 atom stereocenters. The first-order valence-corrected chi connectivity index (χ1v) is 5.83. The highest BCUT2D eigenvalue weighted by molar-refractivity contribution is 7.89. The van der Waals surface area contributed by atoms with Crippen LogP contribution in [0.15, 0.2) is 0 Å². The van der Waals surface area contributed by atoms with Crippen LogP contribution in [0.2, 0.25) is 0 Å². The van der Waals surface area contributed by atoms with E-state index in [2.05, 4.69) is 0 Å². The van der Waals surface area contributed by atoms with E-state index in [1.54, 1.807) is 0 Å². The number of sulfonamides is 1. The van der Waals surface area contributed by atoms with Gasteiger partial charge in [-0.25, -0.2) is 13.6 Å². The van der Waals surface area contributed by atoms with Gasteiger partial charge < -0.3 is 4.74 Å². The quantitative estimate of drug-likeness (QED) is 0.659. The molecular formula is C7H13NO3S. The molecule has 1 spiro atoms. The van der Waals surface area contributed by atoms with Crippen molar-refractivity contribution in [3.05, 3.63) is 0 Å². The molecular weight excluding hydrogens is 178 g/mol. The number of rotatable bonds is 2. The fourth-order valence-electron chi connectivity index (χ4n) is 1.79. The Kier molecular flexibility index (Phi) is 1.72. The van der Waals surface area contributed by atoms with Gasteiger partial charge in [-0.2, -0.15) is 0 Å². The van der Waals surface area contributed by atoms with Gasteiger partial charge in [-0.05, 0) is 24.7 Å². The highest BCUT2D eigenvalue weighted by Crippen LogP contribution is 2.53. The summed E-state index contributed by atoms with van der Waals surface area (Å²) in [5.74, 6) is -0.0191. The zero-order valence-corrected chi connectivity index (χ0v) is 7.64. The fourth-order valence-corrected chi connectivity index (χ4v) is 2.52. The molecule has 0 aromatic rings. The lowest BCUT2D eigenvalue weighted by Crippen LogP contribution is -2.26. The topological polar surface area (TPSA) is 69.4 Å². The number of ether oxygens (including phenoxy) is 1. The van der Waals surface area contributed by atoms with Gasteiger partial charge >= 0.3 is 0 Å². The van der Waals surface area contributed by atoms with Crippen molar-refractivity contribution in [1.82, 2.24) is 0 Å². The minimum atomic E-state index is -3.35. The molecule has 5 heteroatoms. The summed E-state index contributed by atoms with van der Waals surface area (Å²) in [6.45, 7) is 0.729. The predicted molar refractivity (Wildman–Crippen MR) is 44.0 cm³/mol. The van der Waals surface area contributed by atoms with Crippen molar-refractivity contribution >= 4 is 10.0 Å². The van der Waals surface area contributed by atoms with Crippen molar-refractivity contribution in [3.63, 3.8) is 0 Å². The van der Waals surface area contributed by atoms with Gasteiger partial charge in [0.25, 0.3) is 0 Å². The Labute approximate surface area is 72.1 Å². The molecule has 0 radical (unpaired) electrons. The minimum absolute atomic E-state index is 0.0191. The molecule has 1 aliphatic heterocycles. The molecule has 2 aliphatic rings. The molecule has 1 unspecified atom stereocenters. The molecule has 0 bridgehead atoms. The van der Waals surface area contributed by atoms with Gasteiger partial charge in [0.1, 0.15) is 0 Å². The van der Waals surface area contributed by atoms with Gasteiger partial charge in [-0.1, -0.05) is 0 Å². The van der Waals surface area contributed by atoms with E-state index in [4.69, 9.17) is 9.88 Å². The van der Waals surface area contributed by atoms with Crippen LogP contribution < -0.4 is 5.14 Å². The Hall–Kier alpha value is -0.130. The Bertz CT molecular complexity index is 281. The molecule has 1 saturated heterocycles. The summed E-state index contributed by atoms with van der Waals surface area (Å²) in [5, 5.41) is 4.92. The van der Waals surface area contributed by atoms with E-state index >= 15 is 0 Å². The molecule has 2 rings (SSSR count). The van der Waals surface area contributed by atoms with Crippen molar-refractivity contribution in [1.29, 1.82) is 0 Å². The predicted octanol–water partition coefficient (Wildman–Crippen LogP) is -0.156. The van der Waals surface area contributed by atoms with Crippen LogP contribution in [0.5, 0.6) is 0 Å². The normalized spacial score (nSPS) is 32.6. The van der Waals surface area contributed by atoms with Crippen molar-refractivity contribution in [2.24, 2.45) is 10.6 Å². The van der Waals surface area contributed by atoms with Crippen molar-refractivity contribution in [2.75, 3.05) is 12.4 Å². The first kappa shape index (κ1) is 8.47. The molecule has 1 saturated carbocycles. The van der Waals surface area contributed by atoms with E-state index in [1.807, 2.05) is 0 Å². The van der Waals surface area contributed by atoms with Crippen molar-refractivity contribution < 1.29 is 13.2 Å². The molecule has 4 nitrogen and oxygen atoms in total. The molecule has 1 aliphatic carbocycles. The third kappa shape index (κ3) is 1.78. The van der Waals surface area contributed by atoms with Crippen LogP contribution in [0, 0.1) is 5.41 Å². The summed E-state index contributed by atoms with van der Waals surface area (Å²) in [7, 11) is -3.35. The number of primary sulfonamides is 1. The van der Waals surface area contributed by atoms with E-state index < -0.39 is 10.0 Å². The lowest BCUT2D eigenvalue weighted by atomic mass is 10.0. The largest absolute Gasteiger partial charge is 0.377 e. The monoisotopic (exact) mass is 191 g/mol. The van der Waals surface area contributed by atoms with Crippen LogP contribution >= 0.6 is 0 Å². The van der Waals surface area contributed by atoms with Gasteiger partial charge in [-0.15, -0.1) is 0 Å². The highest BCUT2D eigenvalue weighted by atomic mass is 32.2. The van der Waals surface area contributed by atoms with E-state index in [1.165, 1.54) is 12.8 Å². The standard InChI is InChI=1S/C7H13NO3S/c8-12(9,10)4-6-3-7(1-2-7)5-11-6/h6H,1-5H2,(H2,8,9,10). The van der Waals surface area contributed by atoms with E-state index in [0.717, 1.165) is 13.0 Å². The summed E-state index contributed by atoms with van der Waals surface area (Å²) in [6.07, 6.45) is 3.11. The van der Waals surface area contributed by atoms with Gasteiger partial charge in [-0.3, -0.25) is 0 Å².